The van der Waals surface area contributed by atoms with E-state index in [9.17, 15) is 4.39 Å². The minimum Gasteiger partial charge on any atom is -0.499 e. The fourth-order valence-corrected chi connectivity index (χ4v) is 9.93. The maximum atomic E-state index is 13.9. The molecule has 0 bridgehead atoms. The number of para-hydroxylation sites is 2. The van der Waals surface area contributed by atoms with E-state index in [-0.39, 0.29) is 37.0 Å². The first-order chi connectivity index (χ1) is 31.1. The van der Waals surface area contributed by atoms with Crippen LogP contribution in [0.25, 0.3) is 72.4 Å². The Balaban J connectivity index is 0.000000255. The Bertz CT molecular complexity index is 3240. The van der Waals surface area contributed by atoms with Gasteiger partial charge in [-0.05, 0) is 86.5 Å². The van der Waals surface area contributed by atoms with Crippen LogP contribution >= 0.6 is 0 Å². The van der Waals surface area contributed by atoms with Crippen molar-refractivity contribution in [3.63, 3.8) is 0 Å². The molecule has 9 rings (SSSR count). The minimum atomic E-state index is -2.50. The van der Waals surface area contributed by atoms with E-state index in [2.05, 4.69) is 99.1 Å². The van der Waals surface area contributed by atoms with Gasteiger partial charge in [-0.2, -0.15) is 0 Å². The van der Waals surface area contributed by atoms with Gasteiger partial charge in [-0.25, -0.2) is 0 Å². The van der Waals surface area contributed by atoms with Gasteiger partial charge in [0.1, 0.15) is 5.58 Å². The van der Waals surface area contributed by atoms with Gasteiger partial charge in [-0.3, -0.25) is 14.4 Å². The largest absolute Gasteiger partial charge is 0.499 e. The van der Waals surface area contributed by atoms with Crippen molar-refractivity contribution >= 4 is 46.2 Å². The topological polar surface area (TPSA) is 56.7 Å². The first-order valence-corrected chi connectivity index (χ1v) is 23.7. The first kappa shape index (κ1) is 36.2. The molecule has 0 aliphatic carbocycles. The molecule has 0 saturated heterocycles. The standard InChI is InChI=1S/C35H28N3O.C18H23FNSi.Ir/c1-20-13-21(2)17-25(16-20)28-18-36-19-31-32(28)26-9-8-10-27(34(26)39-31)35-37-29-11-6-7-12-30(29)38(35)33-23(4)14-22(3)15-24(33)5;1-13(2)10-14-11-17(15-8-6-7-9-16(15)19)20-12-18(14)21(3,4)5;/h6-9,11-19H,1-5H3;6-7,9,11-13H,10H2,1-5H3;/q2*-1;/i1D3,2D3;;. The SMILES string of the molecule is CC(C)Cc1cc(-c2[c-]cccc2F)ncc1[Si](C)(C)C.[2H]C([2H])([2H])c1cc(-c2cncc3oc4c(-c5nc6ccccc6n5-c5c(C)cc(C)cc5C)[c-]ccc4c23)cc(C([2H])([2H])[2H])c1.[Ir]. The van der Waals surface area contributed by atoms with Gasteiger partial charge < -0.3 is 14.0 Å². The number of furan rings is 1. The van der Waals surface area contributed by atoms with Crippen molar-refractivity contribution in [2.24, 2.45) is 5.92 Å². The number of aromatic nitrogens is 4. The Kier molecular flexibility index (Phi) is 10.3. The van der Waals surface area contributed by atoms with Gasteiger partial charge in [0, 0.05) is 63.2 Å². The van der Waals surface area contributed by atoms with E-state index in [0.29, 0.717) is 56.2 Å². The van der Waals surface area contributed by atoms with Crippen LogP contribution in [0.4, 0.5) is 4.39 Å². The third kappa shape index (κ3) is 8.67. The Morgan fingerprint density at radius 2 is 1.54 bits per heavy atom. The monoisotopic (exact) mass is 1010 g/mol. The summed E-state index contributed by atoms with van der Waals surface area (Å²) in [7, 11) is -1.45. The van der Waals surface area contributed by atoms with Crippen LogP contribution in [0, 0.1) is 58.3 Å². The number of imidazole rings is 1. The second kappa shape index (κ2) is 17.4. The molecule has 0 unspecified atom stereocenters. The van der Waals surface area contributed by atoms with E-state index in [1.807, 2.05) is 42.6 Å². The van der Waals surface area contributed by atoms with Crippen molar-refractivity contribution in [2.45, 2.75) is 74.4 Å². The van der Waals surface area contributed by atoms with Crippen molar-refractivity contribution in [1.29, 1.82) is 0 Å². The van der Waals surface area contributed by atoms with Crippen LogP contribution in [-0.4, -0.2) is 27.6 Å². The maximum absolute atomic E-state index is 13.9. The van der Waals surface area contributed by atoms with Gasteiger partial charge in [0.15, 0.2) is 0 Å². The van der Waals surface area contributed by atoms with E-state index in [4.69, 9.17) is 17.6 Å². The average molecular weight is 1010 g/mol. The molecular formula is C53H51FIrN4OSi-2. The molecule has 0 aliphatic rings. The van der Waals surface area contributed by atoms with Gasteiger partial charge in [-0.15, -0.1) is 42.5 Å². The zero-order valence-electron chi connectivity index (χ0n) is 41.6. The van der Waals surface area contributed by atoms with Crippen molar-refractivity contribution < 1.29 is 37.1 Å². The van der Waals surface area contributed by atoms with Crippen LogP contribution in [0.2, 0.25) is 19.6 Å². The molecule has 5 aromatic carbocycles. The van der Waals surface area contributed by atoms with E-state index >= 15 is 0 Å². The molecule has 5 nitrogen and oxygen atoms in total. The zero-order valence-corrected chi connectivity index (χ0v) is 39.0. The molecule has 0 N–H and O–H groups in total. The molecule has 4 aromatic heterocycles. The second-order valence-electron chi connectivity index (χ2n) is 17.0. The summed E-state index contributed by atoms with van der Waals surface area (Å²) in [6.07, 6.45) is 6.19. The normalized spacial score (nSPS) is 13.5. The number of aryl methyl sites for hydroxylation is 5. The number of benzene rings is 5. The molecule has 8 heteroatoms. The number of hydrogen-bond acceptors (Lipinski definition) is 4. The fraction of sp³-hybridized carbons (Fsp3) is 0.226. The van der Waals surface area contributed by atoms with Gasteiger partial charge in [0.25, 0.3) is 0 Å². The molecular weight excluding hydrogens is 948 g/mol. The zero-order chi connectivity index (χ0) is 47.5. The van der Waals surface area contributed by atoms with Gasteiger partial charge in [0.05, 0.1) is 36.7 Å². The first-order valence-electron chi connectivity index (χ1n) is 23.2. The molecule has 4 heterocycles. The van der Waals surface area contributed by atoms with E-state index in [1.165, 1.54) is 40.6 Å². The van der Waals surface area contributed by atoms with Crippen LogP contribution in [0.15, 0.2) is 114 Å². The predicted molar refractivity (Wildman–Crippen MR) is 250 cm³/mol. The minimum absolute atomic E-state index is 0. The summed E-state index contributed by atoms with van der Waals surface area (Å²) in [4.78, 5) is 14.0. The predicted octanol–water partition coefficient (Wildman–Crippen LogP) is 13.4. The van der Waals surface area contributed by atoms with Gasteiger partial charge >= 0.3 is 0 Å². The quantitative estimate of drug-likeness (QED) is 0.118. The summed E-state index contributed by atoms with van der Waals surface area (Å²) >= 11 is 0. The van der Waals surface area contributed by atoms with Crippen molar-refractivity contribution in [3.05, 3.63) is 161 Å². The molecule has 1 radical (unpaired) electrons. The Hall–Kier alpha value is -5.53. The van der Waals surface area contributed by atoms with Crippen molar-refractivity contribution in [3.8, 4) is 39.5 Å². The van der Waals surface area contributed by atoms with E-state index in [0.717, 1.165) is 39.7 Å². The number of pyridine rings is 2. The molecule has 0 fully saturated rings. The summed E-state index contributed by atoms with van der Waals surface area (Å²) in [6, 6.07) is 33.5. The molecule has 61 heavy (non-hydrogen) atoms. The number of hydrogen-bond donors (Lipinski definition) is 0. The third-order valence-electron chi connectivity index (χ3n) is 10.7. The van der Waals surface area contributed by atoms with Crippen LogP contribution in [0.5, 0.6) is 0 Å². The van der Waals surface area contributed by atoms with Crippen molar-refractivity contribution in [2.75, 3.05) is 0 Å². The number of fused-ring (bicyclic) bond motifs is 4. The van der Waals surface area contributed by atoms with E-state index < -0.39 is 21.8 Å². The third-order valence-corrected chi connectivity index (χ3v) is 12.8. The Morgan fingerprint density at radius 3 is 2.23 bits per heavy atom. The average Bonchev–Trinajstić information content (AvgIpc) is 3.81. The molecule has 0 spiro atoms. The van der Waals surface area contributed by atoms with Gasteiger partial charge in [-0.1, -0.05) is 121 Å². The fourth-order valence-electron chi connectivity index (χ4n) is 8.34. The molecule has 0 atom stereocenters. The molecule has 0 aliphatic heterocycles. The van der Waals surface area contributed by atoms with Crippen molar-refractivity contribution in [1.82, 2.24) is 19.5 Å². The summed E-state index contributed by atoms with van der Waals surface area (Å²) in [5, 5.41) is 2.82. The van der Waals surface area contributed by atoms with Crippen LogP contribution < -0.4 is 5.19 Å². The molecule has 0 saturated carbocycles. The van der Waals surface area contributed by atoms with E-state index in [1.54, 1.807) is 24.5 Å². The summed E-state index contributed by atoms with van der Waals surface area (Å²) in [5.41, 5.74) is 11.2. The second-order valence-corrected chi connectivity index (χ2v) is 22.1. The van der Waals surface area contributed by atoms with Gasteiger partial charge in [0.2, 0.25) is 0 Å². The Morgan fingerprint density at radius 1 is 0.820 bits per heavy atom. The summed E-state index contributed by atoms with van der Waals surface area (Å²) < 4.78 is 70.6. The number of halogens is 1. The van der Waals surface area contributed by atoms with Crippen LogP contribution in [-0.2, 0) is 26.5 Å². The Labute approximate surface area is 381 Å². The molecule has 9 aromatic rings. The molecule has 0 amide bonds. The number of rotatable bonds is 7. The summed E-state index contributed by atoms with van der Waals surface area (Å²) in [5.74, 6) is 0.973. The van der Waals surface area contributed by atoms with Crippen LogP contribution in [0.3, 0.4) is 0 Å². The summed E-state index contributed by atoms with van der Waals surface area (Å²) in [6.45, 7) is 12.7. The van der Waals surface area contributed by atoms with Crippen LogP contribution in [0.1, 0.15) is 55.5 Å². The smallest absolute Gasteiger partial charge is 0.139 e. The maximum Gasteiger partial charge on any atom is 0.139 e. The number of nitrogens with zero attached hydrogens (tertiary/aromatic N) is 4. The molecule has 311 valence electrons.